The van der Waals surface area contributed by atoms with Crippen LogP contribution in [0.2, 0.25) is 0 Å². The van der Waals surface area contributed by atoms with Gasteiger partial charge in [0.2, 0.25) is 0 Å². The van der Waals surface area contributed by atoms with Crippen molar-refractivity contribution in [2.75, 3.05) is 13.2 Å². The van der Waals surface area contributed by atoms with E-state index in [9.17, 15) is 5.11 Å². The van der Waals surface area contributed by atoms with Gasteiger partial charge in [-0.25, -0.2) is 0 Å². The smallest absolute Gasteiger partial charge is 0.127 e. The molecule has 0 radical (unpaired) electrons. The third-order valence-electron chi connectivity index (χ3n) is 5.52. The Morgan fingerprint density at radius 1 is 1.12 bits per heavy atom. The zero-order valence-electron chi connectivity index (χ0n) is 19.8. The molecular formula is C28H30N4O2. The van der Waals surface area contributed by atoms with E-state index in [1.54, 1.807) is 18.5 Å². The van der Waals surface area contributed by atoms with E-state index in [2.05, 4.69) is 55.0 Å². The third-order valence-corrected chi connectivity index (χ3v) is 5.52. The van der Waals surface area contributed by atoms with Gasteiger partial charge in [-0.15, -0.1) is 0 Å². The molecule has 0 spiro atoms. The zero-order chi connectivity index (χ0) is 24.1. The molecule has 0 saturated carbocycles. The van der Waals surface area contributed by atoms with Crippen LogP contribution in [-0.2, 0) is 6.61 Å². The number of aliphatic imine (C=N–C) groups is 2. The molecule has 6 heteroatoms. The Labute approximate surface area is 200 Å². The first kappa shape index (κ1) is 23.5. The standard InChI is InChI=1S/C28H30N4O2/c1-28(2,3)27-16-25(32-27)23-8-9-26(24-7-5-4-6-22(23)24)34-18-19-10-12-30-20(14-19)15-21(17-33)31-13-11-29/h4-10,12-16,33H,11,17-18,29H2,1-3H3/b21-15?,31-13-. The molecule has 0 fully saturated rings. The highest BCUT2D eigenvalue weighted by Crippen LogP contribution is 2.37. The minimum Gasteiger partial charge on any atom is -0.488 e. The molecule has 4 rings (SSSR count). The second kappa shape index (κ2) is 10.1. The van der Waals surface area contributed by atoms with Crippen LogP contribution in [0, 0.1) is 5.41 Å². The van der Waals surface area contributed by atoms with Crippen molar-refractivity contribution in [1.29, 1.82) is 0 Å². The first-order chi connectivity index (χ1) is 16.4. The minimum absolute atomic E-state index is 0.0512. The van der Waals surface area contributed by atoms with Crippen molar-refractivity contribution in [3.63, 3.8) is 0 Å². The van der Waals surface area contributed by atoms with Gasteiger partial charge in [0.05, 0.1) is 23.7 Å². The molecule has 1 aromatic heterocycles. The van der Waals surface area contributed by atoms with E-state index < -0.39 is 0 Å². The van der Waals surface area contributed by atoms with Gasteiger partial charge in [0.15, 0.2) is 0 Å². The Hall–Kier alpha value is -3.61. The van der Waals surface area contributed by atoms with Crippen LogP contribution in [0.3, 0.4) is 0 Å². The van der Waals surface area contributed by atoms with Gasteiger partial charge in [-0.3, -0.25) is 15.0 Å². The summed E-state index contributed by atoms with van der Waals surface area (Å²) in [6.07, 6.45) is 7.19. The molecule has 0 unspecified atom stereocenters. The Kier molecular flexibility index (Phi) is 7.01. The number of aliphatic hydroxyl groups is 1. The van der Waals surface area contributed by atoms with Crippen molar-refractivity contribution in [3.05, 3.63) is 83.3 Å². The normalized spacial score (nSPS) is 14.2. The average molecular weight is 455 g/mol. The molecule has 0 aliphatic carbocycles. The number of benzene rings is 2. The summed E-state index contributed by atoms with van der Waals surface area (Å²) >= 11 is 0. The van der Waals surface area contributed by atoms with Gasteiger partial charge >= 0.3 is 0 Å². The predicted octanol–water partition coefficient (Wildman–Crippen LogP) is 5.02. The lowest BCUT2D eigenvalue weighted by atomic mass is 9.85. The first-order valence-corrected chi connectivity index (χ1v) is 11.3. The highest BCUT2D eigenvalue weighted by Gasteiger charge is 2.25. The number of hydrogen-bond acceptors (Lipinski definition) is 6. The van der Waals surface area contributed by atoms with Gasteiger partial charge in [-0.2, -0.15) is 0 Å². The fraction of sp³-hybridized carbons (Fsp3) is 0.250. The Balaban J connectivity index is 1.54. The molecule has 6 nitrogen and oxygen atoms in total. The van der Waals surface area contributed by atoms with E-state index in [4.69, 9.17) is 15.5 Å². The van der Waals surface area contributed by atoms with Gasteiger partial charge in [-0.1, -0.05) is 45.0 Å². The number of fused-ring (bicyclic) bond motifs is 1. The van der Waals surface area contributed by atoms with Crippen molar-refractivity contribution < 1.29 is 9.84 Å². The maximum Gasteiger partial charge on any atom is 0.127 e. The lowest BCUT2D eigenvalue weighted by molar-refractivity contribution is 0.310. The molecule has 0 saturated heterocycles. The molecule has 2 aromatic carbocycles. The molecule has 1 aliphatic rings. The van der Waals surface area contributed by atoms with Crippen molar-refractivity contribution in [3.8, 4) is 5.75 Å². The largest absolute Gasteiger partial charge is 0.488 e. The number of aliphatic hydroxyl groups excluding tert-OH is 1. The number of allylic oxidation sites excluding steroid dienone is 1. The lowest BCUT2D eigenvalue weighted by Crippen LogP contribution is -2.22. The Morgan fingerprint density at radius 2 is 1.88 bits per heavy atom. The van der Waals surface area contributed by atoms with Crippen LogP contribution in [-0.4, -0.2) is 35.2 Å². The van der Waals surface area contributed by atoms with Crippen molar-refractivity contribution in [2.45, 2.75) is 27.4 Å². The number of nitrogens with two attached hydrogens (primary N) is 1. The molecule has 2 heterocycles. The fourth-order valence-corrected chi connectivity index (χ4v) is 3.69. The SMILES string of the molecule is CC(C)(C)C1=NC(c2ccc(OCc3ccnc(C=C(CO)/N=C\CN)c3)c3ccccc23)=C1. The predicted molar refractivity (Wildman–Crippen MR) is 140 cm³/mol. The van der Waals surface area contributed by atoms with Crippen LogP contribution in [0.15, 0.2) is 76.5 Å². The zero-order valence-corrected chi connectivity index (χ0v) is 19.8. The third kappa shape index (κ3) is 5.30. The summed E-state index contributed by atoms with van der Waals surface area (Å²) in [6, 6.07) is 16.2. The molecule has 3 aromatic rings. The van der Waals surface area contributed by atoms with Crippen LogP contribution in [0.1, 0.15) is 37.6 Å². The number of ether oxygens (including phenoxy) is 1. The van der Waals surface area contributed by atoms with Gasteiger partial charge in [0, 0.05) is 41.0 Å². The van der Waals surface area contributed by atoms with Crippen molar-refractivity contribution in [1.82, 2.24) is 4.98 Å². The van der Waals surface area contributed by atoms with Crippen LogP contribution in [0.5, 0.6) is 5.75 Å². The van der Waals surface area contributed by atoms with E-state index in [-0.39, 0.29) is 12.0 Å². The van der Waals surface area contributed by atoms with E-state index in [1.165, 1.54) is 0 Å². The fourth-order valence-electron chi connectivity index (χ4n) is 3.69. The van der Waals surface area contributed by atoms with Gasteiger partial charge < -0.3 is 15.6 Å². The van der Waals surface area contributed by atoms with Crippen LogP contribution < -0.4 is 10.5 Å². The average Bonchev–Trinajstić information content (AvgIpc) is 2.79. The molecule has 0 atom stereocenters. The molecule has 0 bridgehead atoms. The molecule has 3 N–H and O–H groups in total. The molecule has 0 amide bonds. The monoisotopic (exact) mass is 454 g/mol. The van der Waals surface area contributed by atoms with Crippen LogP contribution >= 0.6 is 0 Å². The highest BCUT2D eigenvalue weighted by atomic mass is 16.5. The molecule has 34 heavy (non-hydrogen) atoms. The Bertz CT molecular complexity index is 1310. The van der Waals surface area contributed by atoms with E-state index in [0.29, 0.717) is 24.5 Å². The summed E-state index contributed by atoms with van der Waals surface area (Å²) in [5.74, 6) is 0.816. The van der Waals surface area contributed by atoms with E-state index in [0.717, 1.165) is 39.1 Å². The number of nitrogens with zero attached hydrogens (tertiary/aromatic N) is 3. The van der Waals surface area contributed by atoms with Gasteiger partial charge in [0.1, 0.15) is 12.4 Å². The van der Waals surface area contributed by atoms with E-state index >= 15 is 0 Å². The van der Waals surface area contributed by atoms with Crippen LogP contribution in [0.4, 0.5) is 0 Å². The van der Waals surface area contributed by atoms with Gasteiger partial charge in [-0.05, 0) is 47.4 Å². The summed E-state index contributed by atoms with van der Waals surface area (Å²) in [5.41, 5.74) is 10.9. The van der Waals surface area contributed by atoms with Crippen molar-refractivity contribution in [2.24, 2.45) is 21.1 Å². The van der Waals surface area contributed by atoms with E-state index in [1.807, 2.05) is 30.3 Å². The second-order valence-corrected chi connectivity index (χ2v) is 9.15. The maximum atomic E-state index is 9.49. The summed E-state index contributed by atoms with van der Waals surface area (Å²) in [5, 5.41) is 11.7. The van der Waals surface area contributed by atoms with Gasteiger partial charge in [0.25, 0.3) is 0 Å². The van der Waals surface area contributed by atoms with Crippen LogP contribution in [0.25, 0.3) is 22.5 Å². The Morgan fingerprint density at radius 3 is 2.59 bits per heavy atom. The number of pyridine rings is 1. The highest BCUT2D eigenvalue weighted by molar-refractivity contribution is 6.15. The topological polar surface area (TPSA) is 93.1 Å². The lowest BCUT2D eigenvalue weighted by Gasteiger charge is -2.26. The summed E-state index contributed by atoms with van der Waals surface area (Å²) in [7, 11) is 0. The molecule has 174 valence electrons. The summed E-state index contributed by atoms with van der Waals surface area (Å²) in [4.78, 5) is 13.3. The quantitative estimate of drug-likeness (QED) is 0.468. The number of rotatable bonds is 8. The maximum absolute atomic E-state index is 9.49. The first-order valence-electron chi connectivity index (χ1n) is 11.3. The molecular weight excluding hydrogens is 424 g/mol. The second-order valence-electron chi connectivity index (χ2n) is 9.15. The minimum atomic E-state index is -0.186. The molecule has 1 aliphatic heterocycles. The number of aromatic nitrogens is 1. The number of hydrogen-bond donors (Lipinski definition) is 2. The van der Waals surface area contributed by atoms with Crippen molar-refractivity contribution >= 4 is 34.5 Å². The summed E-state index contributed by atoms with van der Waals surface area (Å²) in [6.45, 7) is 7.04. The summed E-state index contributed by atoms with van der Waals surface area (Å²) < 4.78 is 6.22.